The fourth-order valence-corrected chi connectivity index (χ4v) is 2.70. The number of hydrogen-bond donors (Lipinski definition) is 0. The fraction of sp³-hybridized carbons (Fsp3) is 0.500. The van der Waals surface area contributed by atoms with Crippen LogP contribution in [-0.4, -0.2) is 56.8 Å². The first-order valence-corrected chi connectivity index (χ1v) is 6.52. The Labute approximate surface area is 114 Å². The molecule has 3 nitrogen and oxygen atoms in total. The van der Waals surface area contributed by atoms with Gasteiger partial charge in [0, 0.05) is 0 Å². The summed E-state index contributed by atoms with van der Waals surface area (Å²) < 4.78 is 7.14. The Morgan fingerprint density at radius 2 is 1.72 bits per heavy atom. The van der Waals surface area contributed by atoms with Crippen LogP contribution in [0.4, 0.5) is 0 Å². The highest BCUT2D eigenvalue weighted by Crippen LogP contribution is 2.19. The van der Waals surface area contributed by atoms with Gasteiger partial charge in [-0.1, -0.05) is 17.7 Å². The van der Waals surface area contributed by atoms with E-state index in [4.69, 9.17) is 0 Å². The van der Waals surface area contributed by atoms with Gasteiger partial charge in [0.15, 0.2) is 0 Å². The summed E-state index contributed by atoms with van der Waals surface area (Å²) in [5.41, 5.74) is 1.25. The number of allylic oxidation sites excluding steroid dienone is 3. The van der Waals surface area contributed by atoms with Gasteiger partial charge in [-0.3, -0.25) is 0 Å². The third kappa shape index (κ3) is 3.64. The van der Waals surface area contributed by atoms with Gasteiger partial charge in [-0.2, -0.15) is 0 Å². The maximum atomic E-state index is 4.14. The fourth-order valence-electron chi connectivity index (χ4n) is 2.70. The van der Waals surface area contributed by atoms with Crippen LogP contribution in [-0.2, 0) is 0 Å². The summed E-state index contributed by atoms with van der Waals surface area (Å²) in [6, 6.07) is 0. The molecule has 18 heavy (non-hydrogen) atoms. The van der Waals surface area contributed by atoms with Gasteiger partial charge in [0.25, 0.3) is 21.5 Å². The molecule has 0 aromatic carbocycles. The van der Waals surface area contributed by atoms with Gasteiger partial charge in [-0.05, 0) is 40.2 Å². The molecule has 0 aromatic heterocycles. The molecule has 0 amide bonds. The molecule has 1 rings (SSSR count). The summed E-state index contributed by atoms with van der Waals surface area (Å²) in [4.78, 5) is 0. The van der Waals surface area contributed by atoms with Gasteiger partial charge >= 0.3 is 0 Å². The van der Waals surface area contributed by atoms with Crippen LogP contribution in [0.5, 0.6) is 0 Å². The number of nitrogens with zero attached hydrogens (tertiary/aromatic N) is 3. The highest BCUT2D eigenvalue weighted by atomic mass is 15.3. The first-order valence-electron chi connectivity index (χ1n) is 6.52. The Morgan fingerprint density at radius 3 is 2.28 bits per heavy atom. The van der Waals surface area contributed by atoms with Crippen LogP contribution in [0, 0.1) is 0 Å². The second-order valence-corrected chi connectivity index (χ2v) is 5.25. The standard InChI is InChI=1S/C12H24B3N3/c1-7-9-12(3)11-15-17(5)13-16(4)14(10-8-2)18(15)6/h7-8,13H,1-3,9-11H2,4-6H3. The minimum atomic E-state index is 0.415. The molecule has 1 aliphatic rings. The molecule has 0 unspecified atom stereocenters. The molecule has 0 aliphatic carbocycles. The van der Waals surface area contributed by atoms with Crippen molar-refractivity contribution >= 4 is 21.5 Å². The van der Waals surface area contributed by atoms with Crippen LogP contribution < -0.4 is 0 Å². The Kier molecular flexibility index (Phi) is 5.99. The minimum Gasteiger partial charge on any atom is -0.363 e. The first kappa shape index (κ1) is 15.4. The van der Waals surface area contributed by atoms with Crippen LogP contribution in [0.2, 0.25) is 12.6 Å². The predicted molar refractivity (Wildman–Crippen MR) is 85.7 cm³/mol. The van der Waals surface area contributed by atoms with Gasteiger partial charge in [-0.15, -0.1) is 19.7 Å². The molecule has 1 heterocycles. The quantitative estimate of drug-likeness (QED) is 0.515. The molecule has 0 atom stereocenters. The number of rotatable bonds is 6. The molecule has 1 aliphatic heterocycles. The molecule has 0 radical (unpaired) electrons. The summed E-state index contributed by atoms with van der Waals surface area (Å²) in [5, 5.41) is 0. The third-order valence-corrected chi connectivity index (χ3v) is 3.69. The predicted octanol–water partition coefficient (Wildman–Crippen LogP) is 1.36. The van der Waals surface area contributed by atoms with Crippen molar-refractivity contribution in [2.75, 3.05) is 21.1 Å². The van der Waals surface area contributed by atoms with Gasteiger partial charge in [0.1, 0.15) is 0 Å². The molecular formula is C12H24B3N3. The summed E-state index contributed by atoms with van der Waals surface area (Å²) >= 11 is 0. The maximum Gasteiger partial charge on any atom is 0.293 e. The van der Waals surface area contributed by atoms with Crippen LogP contribution in [0.1, 0.15) is 6.42 Å². The average Bonchev–Trinajstić information content (AvgIpc) is 2.30. The molecule has 0 bridgehead atoms. The van der Waals surface area contributed by atoms with Gasteiger partial charge in [0.2, 0.25) is 0 Å². The molecule has 96 valence electrons. The van der Waals surface area contributed by atoms with E-state index in [0.29, 0.717) is 14.0 Å². The average molecular weight is 243 g/mol. The minimum absolute atomic E-state index is 0.415. The van der Waals surface area contributed by atoms with E-state index in [-0.39, 0.29) is 0 Å². The van der Waals surface area contributed by atoms with E-state index < -0.39 is 0 Å². The molecule has 0 aromatic rings. The highest BCUT2D eigenvalue weighted by molar-refractivity contribution is 6.81. The zero-order valence-electron chi connectivity index (χ0n) is 12.1. The van der Waals surface area contributed by atoms with E-state index >= 15 is 0 Å². The monoisotopic (exact) mass is 243 g/mol. The lowest BCUT2D eigenvalue weighted by atomic mass is 9.47. The lowest BCUT2D eigenvalue weighted by Crippen LogP contribution is -2.69. The molecule has 1 fully saturated rings. The zero-order chi connectivity index (χ0) is 13.7. The van der Waals surface area contributed by atoms with Gasteiger partial charge in [0.05, 0.1) is 0 Å². The topological polar surface area (TPSA) is 9.72 Å². The Balaban J connectivity index is 2.72. The van der Waals surface area contributed by atoms with Crippen molar-refractivity contribution in [1.29, 1.82) is 0 Å². The summed E-state index contributed by atoms with van der Waals surface area (Å²) in [6.07, 6.45) is 6.82. The van der Waals surface area contributed by atoms with E-state index in [1.165, 1.54) is 5.57 Å². The molecule has 0 saturated carbocycles. The van der Waals surface area contributed by atoms with Crippen LogP contribution >= 0.6 is 0 Å². The first-order chi connectivity index (χ1) is 8.51. The maximum absolute atomic E-state index is 4.14. The molecule has 0 N–H and O–H groups in total. The molecule has 6 heteroatoms. The van der Waals surface area contributed by atoms with E-state index in [1.807, 2.05) is 12.2 Å². The Bertz CT molecular complexity index is 322. The Morgan fingerprint density at radius 1 is 1.11 bits per heavy atom. The van der Waals surface area contributed by atoms with Gasteiger partial charge < -0.3 is 14.2 Å². The van der Waals surface area contributed by atoms with Crippen molar-refractivity contribution < 1.29 is 0 Å². The lowest BCUT2D eigenvalue weighted by molar-refractivity contribution is 0.552. The highest BCUT2D eigenvalue weighted by Gasteiger charge is 2.40. The molecular weight excluding hydrogens is 219 g/mol. The Hall–Kier alpha value is -0.705. The molecule has 1 saturated heterocycles. The van der Waals surface area contributed by atoms with Gasteiger partial charge in [-0.25, -0.2) is 0 Å². The van der Waals surface area contributed by atoms with Crippen molar-refractivity contribution in [2.45, 2.75) is 19.1 Å². The second-order valence-electron chi connectivity index (χ2n) is 5.25. The van der Waals surface area contributed by atoms with Crippen LogP contribution in [0.25, 0.3) is 0 Å². The van der Waals surface area contributed by atoms with Crippen molar-refractivity contribution in [3.8, 4) is 0 Å². The van der Waals surface area contributed by atoms with Crippen molar-refractivity contribution in [3.63, 3.8) is 0 Å². The smallest absolute Gasteiger partial charge is 0.293 e. The summed E-state index contributed by atoms with van der Waals surface area (Å²) in [6.45, 7) is 12.6. The van der Waals surface area contributed by atoms with E-state index in [1.54, 1.807) is 0 Å². The SMILES string of the molecule is C=CCB1N(C)BN(C)B(CC(=C)CC=C)N1C. The molecule has 0 spiro atoms. The zero-order valence-corrected chi connectivity index (χ0v) is 12.1. The third-order valence-electron chi connectivity index (χ3n) is 3.69. The van der Waals surface area contributed by atoms with Crippen LogP contribution in [0.15, 0.2) is 37.5 Å². The van der Waals surface area contributed by atoms with E-state index in [9.17, 15) is 0 Å². The summed E-state index contributed by atoms with van der Waals surface area (Å²) in [5.74, 6) is 0. The lowest BCUT2D eigenvalue weighted by Gasteiger charge is -2.46. The van der Waals surface area contributed by atoms with E-state index in [0.717, 1.165) is 26.6 Å². The van der Waals surface area contributed by atoms with Crippen molar-refractivity contribution in [1.82, 2.24) is 14.2 Å². The van der Waals surface area contributed by atoms with E-state index in [2.05, 4.69) is 55.0 Å². The normalized spacial score (nSPS) is 18.6. The largest absolute Gasteiger partial charge is 0.363 e. The van der Waals surface area contributed by atoms with Crippen molar-refractivity contribution in [3.05, 3.63) is 37.5 Å². The summed E-state index contributed by atoms with van der Waals surface area (Å²) in [7, 11) is 7.50. The number of hydrogen-bond acceptors (Lipinski definition) is 3. The van der Waals surface area contributed by atoms with Crippen LogP contribution in [0.3, 0.4) is 0 Å². The second kappa shape index (κ2) is 7.02. The van der Waals surface area contributed by atoms with Crippen molar-refractivity contribution in [2.24, 2.45) is 0 Å².